The Bertz CT molecular complexity index is 255. The molecule has 0 aromatic rings. The molecular formula is C13H23NO3. The number of hydrogen-bond donors (Lipinski definition) is 0. The van der Waals surface area contributed by atoms with Gasteiger partial charge in [0, 0.05) is 45.6 Å². The number of amides is 1. The topological polar surface area (TPSA) is 46.6 Å². The van der Waals surface area contributed by atoms with Crippen LogP contribution in [0.2, 0.25) is 0 Å². The van der Waals surface area contributed by atoms with Crippen LogP contribution in [0.5, 0.6) is 0 Å². The van der Waals surface area contributed by atoms with Gasteiger partial charge in [0.15, 0.2) is 0 Å². The van der Waals surface area contributed by atoms with E-state index in [1.165, 1.54) is 0 Å². The molecule has 4 nitrogen and oxygen atoms in total. The molecule has 0 N–H and O–H groups in total. The Morgan fingerprint density at radius 2 is 2.06 bits per heavy atom. The number of Topliss-reactive ketones (excluding diaryl/α,β-unsaturated/α-hetero) is 1. The molecule has 0 unspecified atom stereocenters. The Labute approximate surface area is 103 Å². The van der Waals surface area contributed by atoms with Crippen molar-refractivity contribution in [3.8, 4) is 0 Å². The maximum absolute atomic E-state index is 11.9. The molecule has 0 aromatic heterocycles. The highest BCUT2D eigenvalue weighted by molar-refractivity contribution is 5.80. The SMILES string of the molecule is CCOCCCC(=O)N(C)C1CCC(=O)CC1. The number of ketones is 1. The lowest BCUT2D eigenvalue weighted by molar-refractivity contribution is -0.134. The Kier molecular flexibility index (Phi) is 6.19. The van der Waals surface area contributed by atoms with Gasteiger partial charge in [-0.25, -0.2) is 0 Å². The molecule has 17 heavy (non-hydrogen) atoms. The number of carbonyl (C=O) groups excluding carboxylic acids is 2. The Balaban J connectivity index is 2.23. The summed E-state index contributed by atoms with van der Waals surface area (Å²) in [6.07, 6.45) is 4.23. The predicted octanol–water partition coefficient (Wildman–Crippen LogP) is 1.77. The zero-order valence-electron chi connectivity index (χ0n) is 10.9. The normalized spacial score (nSPS) is 17.2. The van der Waals surface area contributed by atoms with E-state index in [4.69, 9.17) is 4.74 Å². The first-order chi connectivity index (χ1) is 8.15. The van der Waals surface area contributed by atoms with Gasteiger partial charge in [0.1, 0.15) is 5.78 Å². The number of carbonyl (C=O) groups is 2. The van der Waals surface area contributed by atoms with Crippen LogP contribution in [0.3, 0.4) is 0 Å². The van der Waals surface area contributed by atoms with Crippen LogP contribution in [0.1, 0.15) is 45.4 Å². The van der Waals surface area contributed by atoms with Crippen molar-refractivity contribution in [2.75, 3.05) is 20.3 Å². The fraction of sp³-hybridized carbons (Fsp3) is 0.846. The highest BCUT2D eigenvalue weighted by Crippen LogP contribution is 2.20. The summed E-state index contributed by atoms with van der Waals surface area (Å²) in [5, 5.41) is 0. The Hall–Kier alpha value is -0.900. The predicted molar refractivity (Wildman–Crippen MR) is 65.8 cm³/mol. The van der Waals surface area contributed by atoms with Crippen LogP contribution in [-0.2, 0) is 14.3 Å². The number of ether oxygens (including phenoxy) is 1. The third-order valence-corrected chi connectivity index (χ3v) is 3.34. The molecule has 1 aliphatic rings. The maximum atomic E-state index is 11.9. The summed E-state index contributed by atoms with van der Waals surface area (Å²) in [5.41, 5.74) is 0. The van der Waals surface area contributed by atoms with Gasteiger partial charge in [0.05, 0.1) is 0 Å². The smallest absolute Gasteiger partial charge is 0.222 e. The second kappa shape index (κ2) is 7.43. The van der Waals surface area contributed by atoms with Crippen LogP contribution >= 0.6 is 0 Å². The molecule has 1 amide bonds. The summed E-state index contributed by atoms with van der Waals surface area (Å²) in [7, 11) is 1.85. The quantitative estimate of drug-likeness (QED) is 0.666. The third-order valence-electron chi connectivity index (χ3n) is 3.34. The number of nitrogens with zero attached hydrogens (tertiary/aromatic N) is 1. The monoisotopic (exact) mass is 241 g/mol. The van der Waals surface area contributed by atoms with Crippen LogP contribution in [0.4, 0.5) is 0 Å². The van der Waals surface area contributed by atoms with Gasteiger partial charge in [-0.2, -0.15) is 0 Å². The van der Waals surface area contributed by atoms with E-state index in [2.05, 4.69) is 0 Å². The molecule has 0 aromatic carbocycles. The Morgan fingerprint density at radius 3 is 2.65 bits per heavy atom. The van der Waals surface area contributed by atoms with Crippen LogP contribution in [0.25, 0.3) is 0 Å². The molecule has 1 saturated carbocycles. The second-order valence-corrected chi connectivity index (χ2v) is 4.57. The summed E-state index contributed by atoms with van der Waals surface area (Å²) in [5.74, 6) is 0.502. The van der Waals surface area contributed by atoms with E-state index in [-0.39, 0.29) is 11.9 Å². The molecule has 0 saturated heterocycles. The molecular weight excluding hydrogens is 218 g/mol. The third kappa shape index (κ3) is 4.86. The van der Waals surface area contributed by atoms with Crippen molar-refractivity contribution in [3.05, 3.63) is 0 Å². The van der Waals surface area contributed by atoms with Gasteiger partial charge in [0.2, 0.25) is 5.91 Å². The van der Waals surface area contributed by atoms with E-state index in [1.807, 2.05) is 18.9 Å². The fourth-order valence-corrected chi connectivity index (χ4v) is 2.16. The van der Waals surface area contributed by atoms with Gasteiger partial charge >= 0.3 is 0 Å². The van der Waals surface area contributed by atoms with Crippen molar-refractivity contribution in [2.45, 2.75) is 51.5 Å². The van der Waals surface area contributed by atoms with E-state index in [0.29, 0.717) is 38.3 Å². The molecule has 0 aliphatic heterocycles. The summed E-state index contributed by atoms with van der Waals surface area (Å²) in [6.45, 7) is 3.31. The van der Waals surface area contributed by atoms with E-state index in [1.54, 1.807) is 0 Å². The summed E-state index contributed by atoms with van der Waals surface area (Å²) in [6, 6.07) is 0.257. The second-order valence-electron chi connectivity index (χ2n) is 4.57. The van der Waals surface area contributed by atoms with Crippen molar-refractivity contribution in [3.63, 3.8) is 0 Å². The zero-order chi connectivity index (χ0) is 12.7. The van der Waals surface area contributed by atoms with Gasteiger partial charge in [-0.1, -0.05) is 0 Å². The molecule has 0 heterocycles. The molecule has 0 bridgehead atoms. The van der Waals surface area contributed by atoms with Gasteiger partial charge in [-0.15, -0.1) is 0 Å². The molecule has 0 spiro atoms. The van der Waals surface area contributed by atoms with Crippen molar-refractivity contribution in [1.82, 2.24) is 4.90 Å². The zero-order valence-corrected chi connectivity index (χ0v) is 10.9. The van der Waals surface area contributed by atoms with Crippen LogP contribution < -0.4 is 0 Å². The standard InChI is InChI=1S/C13H23NO3/c1-3-17-10-4-5-13(16)14(2)11-6-8-12(15)9-7-11/h11H,3-10H2,1-2H3. The van der Waals surface area contributed by atoms with Crippen LogP contribution in [-0.4, -0.2) is 42.9 Å². The first-order valence-corrected chi connectivity index (χ1v) is 6.50. The van der Waals surface area contributed by atoms with Crippen LogP contribution in [0.15, 0.2) is 0 Å². The largest absolute Gasteiger partial charge is 0.382 e. The first kappa shape index (κ1) is 14.2. The molecule has 4 heteroatoms. The van der Waals surface area contributed by atoms with E-state index >= 15 is 0 Å². The Morgan fingerprint density at radius 1 is 1.41 bits per heavy atom. The van der Waals surface area contributed by atoms with Crippen molar-refractivity contribution in [1.29, 1.82) is 0 Å². The molecule has 1 rings (SSSR count). The summed E-state index contributed by atoms with van der Waals surface area (Å²) >= 11 is 0. The fourth-order valence-electron chi connectivity index (χ4n) is 2.16. The summed E-state index contributed by atoms with van der Waals surface area (Å²) in [4.78, 5) is 24.8. The minimum Gasteiger partial charge on any atom is -0.382 e. The molecule has 0 radical (unpaired) electrons. The van der Waals surface area contributed by atoms with Gasteiger partial charge in [0.25, 0.3) is 0 Å². The lowest BCUT2D eigenvalue weighted by atomic mass is 9.93. The summed E-state index contributed by atoms with van der Waals surface area (Å²) < 4.78 is 5.21. The van der Waals surface area contributed by atoms with E-state index < -0.39 is 0 Å². The molecule has 98 valence electrons. The van der Waals surface area contributed by atoms with Crippen molar-refractivity contribution >= 4 is 11.7 Å². The van der Waals surface area contributed by atoms with Crippen molar-refractivity contribution in [2.24, 2.45) is 0 Å². The van der Waals surface area contributed by atoms with Gasteiger partial charge < -0.3 is 9.64 Å². The first-order valence-electron chi connectivity index (χ1n) is 6.50. The van der Waals surface area contributed by atoms with E-state index in [9.17, 15) is 9.59 Å². The lowest BCUT2D eigenvalue weighted by Crippen LogP contribution is -2.39. The highest BCUT2D eigenvalue weighted by Gasteiger charge is 2.24. The van der Waals surface area contributed by atoms with E-state index in [0.717, 1.165) is 19.3 Å². The minimum atomic E-state index is 0.170. The number of rotatable bonds is 6. The van der Waals surface area contributed by atoms with Crippen molar-refractivity contribution < 1.29 is 14.3 Å². The molecule has 0 atom stereocenters. The lowest BCUT2D eigenvalue weighted by Gasteiger charge is -2.30. The van der Waals surface area contributed by atoms with Crippen LogP contribution in [0, 0.1) is 0 Å². The minimum absolute atomic E-state index is 0.170. The highest BCUT2D eigenvalue weighted by atomic mass is 16.5. The molecule has 1 fully saturated rings. The average Bonchev–Trinajstić information content (AvgIpc) is 2.34. The number of hydrogen-bond acceptors (Lipinski definition) is 3. The maximum Gasteiger partial charge on any atom is 0.222 e. The van der Waals surface area contributed by atoms with Gasteiger partial charge in [-0.3, -0.25) is 9.59 Å². The molecule has 1 aliphatic carbocycles. The van der Waals surface area contributed by atoms with Gasteiger partial charge in [-0.05, 0) is 26.2 Å². The average molecular weight is 241 g/mol.